The molecule has 35 heavy (non-hydrogen) atoms. The molecule has 0 saturated heterocycles. The minimum absolute atomic E-state index is 0.138. The molecule has 3 aromatic carbocycles. The molecular formula is C23H22N4O7S. The first-order valence-corrected chi connectivity index (χ1v) is 11.7. The Morgan fingerprint density at radius 3 is 2.37 bits per heavy atom. The predicted octanol–water partition coefficient (Wildman–Crippen LogP) is 2.85. The summed E-state index contributed by atoms with van der Waals surface area (Å²) in [5.74, 6) is -0.631. The van der Waals surface area contributed by atoms with Crippen LogP contribution in [-0.2, 0) is 14.8 Å². The third-order valence-corrected chi connectivity index (χ3v) is 6.13. The Balaban J connectivity index is 1.55. The average Bonchev–Trinajstić information content (AvgIpc) is 2.83. The van der Waals surface area contributed by atoms with Gasteiger partial charge in [-0.15, -0.1) is 0 Å². The smallest absolute Gasteiger partial charge is 0.276 e. The third kappa shape index (κ3) is 6.77. The Bertz CT molecular complexity index is 1370. The molecule has 0 spiro atoms. The summed E-state index contributed by atoms with van der Waals surface area (Å²) in [4.78, 5) is 34.2. The number of hydrogen-bond acceptors (Lipinski definition) is 7. The van der Waals surface area contributed by atoms with Crippen LogP contribution >= 0.6 is 0 Å². The predicted molar refractivity (Wildman–Crippen MR) is 127 cm³/mol. The highest BCUT2D eigenvalue weighted by Crippen LogP contribution is 2.21. The fourth-order valence-corrected chi connectivity index (χ4v) is 4.01. The molecule has 0 aromatic heterocycles. The van der Waals surface area contributed by atoms with Crippen LogP contribution in [0.4, 0.5) is 11.4 Å². The lowest BCUT2D eigenvalue weighted by molar-refractivity contribution is -0.385. The van der Waals surface area contributed by atoms with Gasteiger partial charge in [-0.2, -0.15) is 0 Å². The molecule has 11 nitrogen and oxygen atoms in total. The van der Waals surface area contributed by atoms with Crippen molar-refractivity contribution >= 4 is 33.2 Å². The number of carbonyl (C=O) groups excluding carboxylic acids is 2. The summed E-state index contributed by atoms with van der Waals surface area (Å²) < 4.78 is 32.8. The maximum absolute atomic E-state index is 12.5. The summed E-state index contributed by atoms with van der Waals surface area (Å²) in [7, 11) is -4.08. The maximum atomic E-state index is 12.5. The zero-order valence-electron chi connectivity index (χ0n) is 18.8. The summed E-state index contributed by atoms with van der Waals surface area (Å²) in [5.41, 5.74) is 6.28. The van der Waals surface area contributed by atoms with E-state index in [0.29, 0.717) is 5.75 Å². The number of nitro groups is 1. The molecule has 0 saturated carbocycles. The summed E-state index contributed by atoms with van der Waals surface area (Å²) in [6, 6.07) is 15.6. The lowest BCUT2D eigenvalue weighted by atomic mass is 10.1. The Kier molecular flexibility index (Phi) is 7.66. The maximum Gasteiger partial charge on any atom is 0.276 e. The van der Waals surface area contributed by atoms with Gasteiger partial charge in [0, 0.05) is 23.4 Å². The van der Waals surface area contributed by atoms with Crippen molar-refractivity contribution < 1.29 is 27.7 Å². The van der Waals surface area contributed by atoms with Crippen molar-refractivity contribution in [1.29, 1.82) is 0 Å². The Morgan fingerprint density at radius 1 is 0.971 bits per heavy atom. The third-order valence-electron chi connectivity index (χ3n) is 4.76. The molecule has 12 heteroatoms. The van der Waals surface area contributed by atoms with Gasteiger partial charge in [-0.3, -0.25) is 35.3 Å². The van der Waals surface area contributed by atoms with Gasteiger partial charge in [0.25, 0.3) is 27.5 Å². The van der Waals surface area contributed by atoms with Crippen LogP contribution in [0.15, 0.2) is 71.6 Å². The van der Waals surface area contributed by atoms with E-state index in [0.717, 1.165) is 17.2 Å². The van der Waals surface area contributed by atoms with Gasteiger partial charge in [0.15, 0.2) is 6.61 Å². The number of nitro benzene ring substituents is 1. The van der Waals surface area contributed by atoms with Gasteiger partial charge in [-0.05, 0) is 61.4 Å². The molecule has 0 aliphatic carbocycles. The molecule has 0 aliphatic rings. The molecule has 0 atom stereocenters. The molecule has 182 valence electrons. The van der Waals surface area contributed by atoms with Crippen molar-refractivity contribution in [3.8, 4) is 5.75 Å². The SMILES string of the molecule is Cc1ccc(C)c(OCC(=O)NNC(=O)c2ccc(NS(=O)(=O)c3cccc([N+](=O)[O-])c3)cc2)c1. The van der Waals surface area contributed by atoms with Gasteiger partial charge in [-0.25, -0.2) is 8.42 Å². The van der Waals surface area contributed by atoms with Crippen LogP contribution < -0.4 is 20.3 Å². The van der Waals surface area contributed by atoms with E-state index >= 15 is 0 Å². The van der Waals surface area contributed by atoms with Crippen molar-refractivity contribution in [3.63, 3.8) is 0 Å². The van der Waals surface area contributed by atoms with E-state index in [-0.39, 0.29) is 28.4 Å². The van der Waals surface area contributed by atoms with E-state index in [4.69, 9.17) is 4.74 Å². The number of hydrogen-bond donors (Lipinski definition) is 3. The minimum Gasteiger partial charge on any atom is -0.483 e. The first-order valence-electron chi connectivity index (χ1n) is 10.2. The van der Waals surface area contributed by atoms with Crippen LogP contribution in [0, 0.1) is 24.0 Å². The number of nitrogens with zero attached hydrogens (tertiary/aromatic N) is 1. The van der Waals surface area contributed by atoms with E-state index in [1.807, 2.05) is 26.0 Å². The lowest BCUT2D eigenvalue weighted by Crippen LogP contribution is -2.43. The fourth-order valence-electron chi connectivity index (χ4n) is 2.91. The second kappa shape index (κ2) is 10.7. The summed E-state index contributed by atoms with van der Waals surface area (Å²) in [6.07, 6.45) is 0. The van der Waals surface area contributed by atoms with Crippen LogP contribution in [0.1, 0.15) is 21.5 Å². The van der Waals surface area contributed by atoms with E-state index < -0.39 is 26.8 Å². The van der Waals surface area contributed by atoms with Crippen LogP contribution in [0.25, 0.3) is 0 Å². The number of benzene rings is 3. The monoisotopic (exact) mass is 498 g/mol. The quantitative estimate of drug-likeness (QED) is 0.318. The molecule has 0 bridgehead atoms. The standard InChI is InChI=1S/C23H22N4O7S/c1-15-6-7-16(2)21(12-15)34-14-22(28)24-25-23(29)17-8-10-18(11-9-17)26-35(32,33)20-5-3-4-19(13-20)27(30)31/h3-13,26H,14H2,1-2H3,(H,24,28)(H,25,29). The largest absolute Gasteiger partial charge is 0.483 e. The summed E-state index contributed by atoms with van der Waals surface area (Å²) in [6.45, 7) is 3.45. The van der Waals surface area contributed by atoms with Crippen LogP contribution in [0.5, 0.6) is 5.75 Å². The van der Waals surface area contributed by atoms with Crippen molar-refractivity contribution in [2.75, 3.05) is 11.3 Å². The van der Waals surface area contributed by atoms with Crippen molar-refractivity contribution in [3.05, 3.63) is 93.5 Å². The number of aryl methyl sites for hydroxylation is 2. The molecule has 0 aliphatic heterocycles. The molecule has 3 rings (SSSR count). The van der Waals surface area contributed by atoms with Gasteiger partial charge < -0.3 is 4.74 Å². The van der Waals surface area contributed by atoms with Crippen molar-refractivity contribution in [2.24, 2.45) is 0 Å². The van der Waals surface area contributed by atoms with E-state index in [1.54, 1.807) is 6.07 Å². The average molecular weight is 499 g/mol. The van der Waals surface area contributed by atoms with Crippen molar-refractivity contribution in [2.45, 2.75) is 18.7 Å². The van der Waals surface area contributed by atoms with Crippen LogP contribution in [0.2, 0.25) is 0 Å². The number of anilines is 1. The number of ether oxygens (including phenoxy) is 1. The van der Waals surface area contributed by atoms with E-state index in [1.165, 1.54) is 42.5 Å². The summed E-state index contributed by atoms with van der Waals surface area (Å²) in [5, 5.41) is 10.9. The highest BCUT2D eigenvalue weighted by atomic mass is 32.2. The normalized spacial score (nSPS) is 10.8. The van der Waals surface area contributed by atoms with Crippen LogP contribution in [0.3, 0.4) is 0 Å². The number of amides is 2. The van der Waals surface area contributed by atoms with Crippen LogP contribution in [-0.4, -0.2) is 31.8 Å². The molecule has 0 radical (unpaired) electrons. The number of hydrazine groups is 1. The molecule has 2 amide bonds. The van der Waals surface area contributed by atoms with Gasteiger partial charge in [0.1, 0.15) is 5.75 Å². The first kappa shape index (κ1) is 25.2. The van der Waals surface area contributed by atoms with E-state index in [2.05, 4.69) is 15.6 Å². The zero-order valence-corrected chi connectivity index (χ0v) is 19.6. The Hall–Kier alpha value is -4.45. The lowest BCUT2D eigenvalue weighted by Gasteiger charge is -2.11. The second-order valence-electron chi connectivity index (χ2n) is 7.50. The molecular weight excluding hydrogens is 476 g/mol. The number of sulfonamides is 1. The number of carbonyl (C=O) groups is 2. The van der Waals surface area contributed by atoms with Crippen molar-refractivity contribution in [1.82, 2.24) is 10.9 Å². The van der Waals surface area contributed by atoms with E-state index in [9.17, 15) is 28.1 Å². The molecule has 0 heterocycles. The van der Waals surface area contributed by atoms with Gasteiger partial charge in [-0.1, -0.05) is 18.2 Å². The number of nitrogens with one attached hydrogen (secondary N) is 3. The Morgan fingerprint density at radius 2 is 1.69 bits per heavy atom. The first-order chi connectivity index (χ1) is 16.5. The zero-order chi connectivity index (χ0) is 25.6. The highest BCUT2D eigenvalue weighted by Gasteiger charge is 2.18. The number of non-ortho nitro benzene ring substituents is 1. The minimum atomic E-state index is -4.08. The summed E-state index contributed by atoms with van der Waals surface area (Å²) >= 11 is 0. The number of rotatable bonds is 8. The Labute approximate surface area is 201 Å². The fraction of sp³-hybridized carbons (Fsp3) is 0.130. The molecule has 3 N–H and O–H groups in total. The topological polar surface area (TPSA) is 157 Å². The second-order valence-corrected chi connectivity index (χ2v) is 9.18. The van der Waals surface area contributed by atoms with Gasteiger partial charge in [0.2, 0.25) is 0 Å². The molecule has 3 aromatic rings. The van der Waals surface area contributed by atoms with Gasteiger partial charge >= 0.3 is 0 Å². The van der Waals surface area contributed by atoms with Gasteiger partial charge in [0.05, 0.1) is 9.82 Å². The highest BCUT2D eigenvalue weighted by molar-refractivity contribution is 7.92. The molecule has 0 fully saturated rings. The molecule has 0 unspecified atom stereocenters.